The highest BCUT2D eigenvalue weighted by Gasteiger charge is 2.22. The van der Waals surface area contributed by atoms with Crippen molar-refractivity contribution in [1.29, 1.82) is 0 Å². The van der Waals surface area contributed by atoms with Crippen LogP contribution in [0.4, 0.5) is 5.13 Å². The summed E-state index contributed by atoms with van der Waals surface area (Å²) in [5.41, 5.74) is 1.06. The summed E-state index contributed by atoms with van der Waals surface area (Å²) in [6.45, 7) is 1.83. The molecule has 0 fully saturated rings. The fourth-order valence-electron chi connectivity index (χ4n) is 1.62. The molecular formula is C13H14BrN3O3S2. The first kappa shape index (κ1) is 17.1. The van der Waals surface area contributed by atoms with Gasteiger partial charge in [-0.05, 0) is 41.1 Å². The Hall–Kier alpha value is -1.29. The number of anilines is 1. The van der Waals surface area contributed by atoms with Gasteiger partial charge >= 0.3 is 0 Å². The zero-order valence-corrected chi connectivity index (χ0v) is 15.3. The number of hydrogen-bond acceptors (Lipinski definition) is 5. The van der Waals surface area contributed by atoms with Crippen LogP contribution in [-0.4, -0.2) is 37.7 Å². The predicted octanol–water partition coefficient (Wildman–Crippen LogP) is 2.72. The van der Waals surface area contributed by atoms with Gasteiger partial charge in [-0.3, -0.25) is 10.1 Å². The standard InChI is InChI=1S/C13H14BrN3O3S2/c1-8-7-21-13(15-8)16-12(18)9-4-5-10(14)11(6-9)22(19,20)17(2)3/h4-7H,1-3H3,(H,15,16,18). The molecule has 0 radical (unpaired) electrons. The zero-order chi connectivity index (χ0) is 16.5. The average molecular weight is 404 g/mol. The maximum atomic E-state index is 12.2. The molecule has 0 bridgehead atoms. The molecule has 2 rings (SSSR count). The van der Waals surface area contributed by atoms with E-state index >= 15 is 0 Å². The van der Waals surface area contributed by atoms with Gasteiger partial charge in [-0.15, -0.1) is 11.3 Å². The summed E-state index contributed by atoms with van der Waals surface area (Å²) >= 11 is 4.52. The summed E-state index contributed by atoms with van der Waals surface area (Å²) in [6, 6.07) is 4.43. The SMILES string of the molecule is Cc1csc(NC(=O)c2ccc(Br)c(S(=O)(=O)N(C)C)c2)n1. The lowest BCUT2D eigenvalue weighted by Crippen LogP contribution is -2.23. The number of aromatic nitrogens is 1. The molecule has 1 aromatic carbocycles. The second kappa shape index (κ2) is 6.45. The van der Waals surface area contributed by atoms with E-state index in [1.807, 2.05) is 12.3 Å². The number of halogens is 1. The summed E-state index contributed by atoms with van der Waals surface area (Å²) in [5.74, 6) is -0.406. The van der Waals surface area contributed by atoms with Crippen molar-refractivity contribution in [1.82, 2.24) is 9.29 Å². The third kappa shape index (κ3) is 3.54. The lowest BCUT2D eigenvalue weighted by molar-refractivity contribution is 0.102. The second-order valence-electron chi connectivity index (χ2n) is 4.68. The van der Waals surface area contributed by atoms with Gasteiger partial charge in [-0.1, -0.05) is 0 Å². The summed E-state index contributed by atoms with van der Waals surface area (Å²) in [6.07, 6.45) is 0. The minimum atomic E-state index is -3.64. The minimum absolute atomic E-state index is 0.0421. The number of nitrogens with zero attached hydrogens (tertiary/aromatic N) is 2. The number of amides is 1. The first-order valence-corrected chi connectivity index (χ1v) is 9.28. The smallest absolute Gasteiger partial charge is 0.257 e. The Bertz CT molecular complexity index is 816. The van der Waals surface area contributed by atoms with Gasteiger partial charge in [0.2, 0.25) is 10.0 Å². The van der Waals surface area contributed by atoms with E-state index in [1.54, 1.807) is 12.1 Å². The van der Waals surface area contributed by atoms with Crippen molar-refractivity contribution < 1.29 is 13.2 Å². The third-order valence-corrected chi connectivity index (χ3v) is 6.48. The van der Waals surface area contributed by atoms with Gasteiger partial charge < -0.3 is 0 Å². The lowest BCUT2D eigenvalue weighted by Gasteiger charge is -2.13. The van der Waals surface area contributed by atoms with E-state index in [2.05, 4.69) is 26.2 Å². The molecule has 0 unspecified atom stereocenters. The molecular weight excluding hydrogens is 390 g/mol. The van der Waals surface area contributed by atoms with Crippen LogP contribution in [0.5, 0.6) is 0 Å². The Balaban J connectivity index is 2.35. The van der Waals surface area contributed by atoms with Crippen molar-refractivity contribution in [3.8, 4) is 0 Å². The average Bonchev–Trinajstić information content (AvgIpc) is 2.84. The molecule has 1 N–H and O–H groups in total. The molecule has 0 aliphatic rings. The maximum Gasteiger partial charge on any atom is 0.257 e. The lowest BCUT2D eigenvalue weighted by atomic mass is 10.2. The van der Waals surface area contributed by atoms with E-state index in [0.717, 1.165) is 10.00 Å². The molecule has 1 aromatic heterocycles. The summed E-state index contributed by atoms with van der Waals surface area (Å²) in [7, 11) is -0.764. The van der Waals surface area contributed by atoms with Crippen LogP contribution in [0.3, 0.4) is 0 Å². The number of nitrogens with one attached hydrogen (secondary N) is 1. The molecule has 1 heterocycles. The van der Waals surface area contributed by atoms with E-state index in [4.69, 9.17) is 0 Å². The number of benzene rings is 1. The van der Waals surface area contributed by atoms with Crippen LogP contribution in [0.15, 0.2) is 32.9 Å². The van der Waals surface area contributed by atoms with E-state index in [0.29, 0.717) is 9.60 Å². The molecule has 2 aromatic rings. The Morgan fingerprint density at radius 3 is 2.59 bits per heavy atom. The number of sulfonamides is 1. The number of carbonyl (C=O) groups is 1. The molecule has 0 aliphatic carbocycles. The van der Waals surface area contributed by atoms with Gasteiger partial charge in [0.1, 0.15) is 0 Å². The monoisotopic (exact) mass is 403 g/mol. The van der Waals surface area contributed by atoms with Gasteiger partial charge in [0.05, 0.1) is 10.6 Å². The van der Waals surface area contributed by atoms with Crippen LogP contribution >= 0.6 is 27.3 Å². The number of rotatable bonds is 4. The van der Waals surface area contributed by atoms with Crippen LogP contribution in [-0.2, 0) is 10.0 Å². The van der Waals surface area contributed by atoms with Gasteiger partial charge in [-0.25, -0.2) is 17.7 Å². The van der Waals surface area contributed by atoms with Crippen molar-refractivity contribution in [3.05, 3.63) is 39.3 Å². The number of carbonyl (C=O) groups excluding carboxylic acids is 1. The summed E-state index contributed by atoms with van der Waals surface area (Å²) in [4.78, 5) is 16.4. The number of aryl methyl sites for hydroxylation is 1. The molecule has 6 nitrogen and oxygen atoms in total. The van der Waals surface area contributed by atoms with Crippen molar-refractivity contribution in [2.75, 3.05) is 19.4 Å². The molecule has 0 atom stereocenters. The van der Waals surface area contributed by atoms with Crippen LogP contribution in [0.2, 0.25) is 0 Å². The number of hydrogen-bond donors (Lipinski definition) is 1. The Morgan fingerprint density at radius 1 is 1.36 bits per heavy atom. The van der Waals surface area contributed by atoms with Gasteiger partial charge in [0, 0.05) is 29.5 Å². The van der Waals surface area contributed by atoms with Gasteiger partial charge in [-0.2, -0.15) is 0 Å². The summed E-state index contributed by atoms with van der Waals surface area (Å²) in [5, 5.41) is 4.94. The first-order chi connectivity index (χ1) is 10.2. The third-order valence-electron chi connectivity index (χ3n) is 2.79. The van der Waals surface area contributed by atoms with Crippen molar-refractivity contribution in [2.24, 2.45) is 0 Å². The van der Waals surface area contributed by atoms with Crippen molar-refractivity contribution >= 4 is 48.3 Å². The van der Waals surface area contributed by atoms with E-state index in [9.17, 15) is 13.2 Å². The molecule has 9 heteroatoms. The quantitative estimate of drug-likeness (QED) is 0.850. The van der Waals surface area contributed by atoms with Crippen LogP contribution in [0, 0.1) is 6.92 Å². The van der Waals surface area contributed by atoms with Crippen molar-refractivity contribution in [3.63, 3.8) is 0 Å². The van der Waals surface area contributed by atoms with Crippen LogP contribution in [0.25, 0.3) is 0 Å². The highest BCUT2D eigenvalue weighted by molar-refractivity contribution is 9.10. The Labute approximate surface area is 141 Å². The normalized spacial score (nSPS) is 11.7. The molecule has 0 spiro atoms. The van der Waals surface area contributed by atoms with E-state index in [1.165, 1.54) is 31.5 Å². The fraction of sp³-hybridized carbons (Fsp3) is 0.231. The molecule has 0 saturated heterocycles. The highest BCUT2D eigenvalue weighted by atomic mass is 79.9. The van der Waals surface area contributed by atoms with Crippen LogP contribution < -0.4 is 5.32 Å². The molecule has 0 saturated carbocycles. The largest absolute Gasteiger partial charge is 0.298 e. The Morgan fingerprint density at radius 2 is 2.05 bits per heavy atom. The molecule has 118 valence electrons. The first-order valence-electron chi connectivity index (χ1n) is 6.17. The Kier molecular flexibility index (Phi) is 5.00. The van der Waals surface area contributed by atoms with Crippen LogP contribution in [0.1, 0.15) is 16.1 Å². The fourth-order valence-corrected chi connectivity index (χ4v) is 4.15. The molecule has 22 heavy (non-hydrogen) atoms. The minimum Gasteiger partial charge on any atom is -0.298 e. The highest BCUT2D eigenvalue weighted by Crippen LogP contribution is 2.26. The van der Waals surface area contributed by atoms with Crippen molar-refractivity contribution in [2.45, 2.75) is 11.8 Å². The zero-order valence-electron chi connectivity index (χ0n) is 12.1. The maximum absolute atomic E-state index is 12.2. The number of thiazole rings is 1. The van der Waals surface area contributed by atoms with Gasteiger partial charge in [0.25, 0.3) is 5.91 Å². The van der Waals surface area contributed by atoms with E-state index in [-0.39, 0.29) is 10.5 Å². The molecule has 1 amide bonds. The van der Waals surface area contributed by atoms with E-state index < -0.39 is 15.9 Å². The topological polar surface area (TPSA) is 79.4 Å². The van der Waals surface area contributed by atoms with Gasteiger partial charge in [0.15, 0.2) is 5.13 Å². The second-order valence-corrected chi connectivity index (χ2v) is 8.51. The molecule has 0 aliphatic heterocycles. The summed E-state index contributed by atoms with van der Waals surface area (Å²) < 4.78 is 26.0. The predicted molar refractivity (Wildman–Crippen MR) is 89.8 cm³/mol.